The first-order valence-electron chi connectivity index (χ1n) is 10.2. The third-order valence-electron chi connectivity index (χ3n) is 5.18. The van der Waals surface area contributed by atoms with Crippen LogP contribution in [0, 0.1) is 5.92 Å². The fraction of sp³-hybridized carbons (Fsp3) is 0.455. The summed E-state index contributed by atoms with van der Waals surface area (Å²) >= 11 is 0. The number of anilines is 1. The Morgan fingerprint density at radius 2 is 1.90 bits per heavy atom. The Bertz CT molecular complexity index is 902. The normalized spacial score (nSPS) is 14.4. The van der Waals surface area contributed by atoms with Crippen LogP contribution in [-0.2, 0) is 9.53 Å². The number of aromatic nitrogens is 2. The molecule has 0 saturated heterocycles. The fourth-order valence-corrected chi connectivity index (χ4v) is 3.68. The molecule has 154 valence electrons. The lowest BCUT2D eigenvalue weighted by atomic mass is 9.86. The van der Waals surface area contributed by atoms with Crippen LogP contribution in [0.25, 0.3) is 5.69 Å². The van der Waals surface area contributed by atoms with Gasteiger partial charge in [0.15, 0.2) is 5.69 Å². The number of amides is 1. The Hall–Kier alpha value is -2.96. The zero-order chi connectivity index (χ0) is 20.6. The first kappa shape index (κ1) is 20.8. The van der Waals surface area contributed by atoms with Gasteiger partial charge in [-0.3, -0.25) is 9.59 Å². The van der Waals surface area contributed by atoms with Gasteiger partial charge in [0.05, 0.1) is 18.0 Å². The average molecular weight is 397 g/mol. The molecule has 0 aliphatic heterocycles. The minimum absolute atomic E-state index is 0.0821. The number of carbonyl (C=O) groups is 2. The van der Waals surface area contributed by atoms with Gasteiger partial charge in [-0.05, 0) is 31.4 Å². The van der Waals surface area contributed by atoms with Crippen molar-refractivity contribution in [2.24, 2.45) is 5.92 Å². The maximum atomic E-state index is 12.6. The van der Waals surface area contributed by atoms with E-state index in [0.717, 1.165) is 23.9 Å². The van der Waals surface area contributed by atoms with Gasteiger partial charge in [0, 0.05) is 12.5 Å². The van der Waals surface area contributed by atoms with E-state index in [9.17, 15) is 14.4 Å². The second-order valence-corrected chi connectivity index (χ2v) is 7.30. The molecule has 1 fully saturated rings. The standard InChI is InChI=1S/C22H27N3O4/c1-2-29-22(28)21-18(23-19(26)14-13-16-9-5-3-6-10-16)15-20(27)25(24-21)17-11-7-4-8-12-17/h4,7-8,11-12,15-16H,2-3,5-6,9-10,13-14H2,1H3,(H,23,26). The zero-order valence-corrected chi connectivity index (χ0v) is 16.7. The molecular formula is C22H27N3O4. The Kier molecular flexibility index (Phi) is 7.16. The van der Waals surface area contributed by atoms with Gasteiger partial charge in [-0.25, -0.2) is 4.79 Å². The summed E-state index contributed by atoms with van der Waals surface area (Å²) in [4.78, 5) is 37.4. The van der Waals surface area contributed by atoms with Crippen molar-refractivity contribution in [3.63, 3.8) is 0 Å². The molecule has 0 radical (unpaired) electrons. The predicted molar refractivity (Wildman–Crippen MR) is 110 cm³/mol. The SMILES string of the molecule is CCOC(=O)c1nn(-c2ccccc2)c(=O)cc1NC(=O)CCC1CCCCC1. The predicted octanol–water partition coefficient (Wildman–Crippen LogP) is 3.71. The van der Waals surface area contributed by atoms with E-state index >= 15 is 0 Å². The molecule has 0 unspecified atom stereocenters. The van der Waals surface area contributed by atoms with Crippen molar-refractivity contribution in [3.05, 3.63) is 52.4 Å². The van der Waals surface area contributed by atoms with Crippen LogP contribution < -0.4 is 10.9 Å². The number of carbonyl (C=O) groups excluding carboxylic acids is 2. The van der Waals surface area contributed by atoms with Crippen LogP contribution in [0.15, 0.2) is 41.2 Å². The van der Waals surface area contributed by atoms with E-state index in [1.807, 2.05) is 6.07 Å². The van der Waals surface area contributed by atoms with Crippen LogP contribution in [0.4, 0.5) is 5.69 Å². The third-order valence-corrected chi connectivity index (χ3v) is 5.18. The van der Waals surface area contributed by atoms with Crippen LogP contribution in [-0.4, -0.2) is 28.3 Å². The summed E-state index contributed by atoms with van der Waals surface area (Å²) in [7, 11) is 0. The summed E-state index contributed by atoms with van der Waals surface area (Å²) in [5.74, 6) is -0.331. The van der Waals surface area contributed by atoms with Gasteiger partial charge in [-0.1, -0.05) is 50.3 Å². The molecule has 7 nitrogen and oxygen atoms in total. The Morgan fingerprint density at radius 1 is 1.17 bits per heavy atom. The molecule has 1 amide bonds. The van der Waals surface area contributed by atoms with Crippen LogP contribution in [0.2, 0.25) is 0 Å². The van der Waals surface area contributed by atoms with Crippen molar-refractivity contribution in [1.29, 1.82) is 0 Å². The number of para-hydroxylation sites is 1. The second kappa shape index (κ2) is 10.0. The summed E-state index contributed by atoms with van der Waals surface area (Å²) in [6.07, 6.45) is 7.21. The number of hydrogen-bond acceptors (Lipinski definition) is 5. The summed E-state index contributed by atoms with van der Waals surface area (Å²) in [5.41, 5.74) is 0.0978. The van der Waals surface area contributed by atoms with Crippen molar-refractivity contribution in [2.75, 3.05) is 11.9 Å². The van der Waals surface area contributed by atoms with Gasteiger partial charge in [-0.2, -0.15) is 9.78 Å². The van der Waals surface area contributed by atoms with E-state index in [-0.39, 0.29) is 23.9 Å². The minimum Gasteiger partial charge on any atom is -0.461 e. The van der Waals surface area contributed by atoms with E-state index in [0.29, 0.717) is 18.0 Å². The molecule has 3 rings (SSSR count). The van der Waals surface area contributed by atoms with Gasteiger partial charge in [0.2, 0.25) is 5.91 Å². The molecule has 0 spiro atoms. The molecule has 2 aromatic rings. The molecule has 1 aromatic carbocycles. The number of hydrogen-bond donors (Lipinski definition) is 1. The summed E-state index contributed by atoms with van der Waals surface area (Å²) in [6.45, 7) is 1.85. The monoisotopic (exact) mass is 397 g/mol. The van der Waals surface area contributed by atoms with Crippen LogP contribution in [0.1, 0.15) is 62.4 Å². The van der Waals surface area contributed by atoms with Crippen LogP contribution >= 0.6 is 0 Å². The van der Waals surface area contributed by atoms with Crippen molar-refractivity contribution in [1.82, 2.24) is 9.78 Å². The molecule has 0 bridgehead atoms. The molecule has 1 aliphatic carbocycles. The van der Waals surface area contributed by atoms with Crippen molar-refractivity contribution in [3.8, 4) is 5.69 Å². The van der Waals surface area contributed by atoms with E-state index in [1.54, 1.807) is 31.2 Å². The summed E-state index contributed by atoms with van der Waals surface area (Å²) < 4.78 is 6.20. The van der Waals surface area contributed by atoms with Crippen molar-refractivity contribution >= 4 is 17.6 Å². The molecule has 29 heavy (non-hydrogen) atoms. The molecule has 1 heterocycles. The highest BCUT2D eigenvalue weighted by molar-refractivity contribution is 5.99. The lowest BCUT2D eigenvalue weighted by Gasteiger charge is -2.21. The number of benzene rings is 1. The summed E-state index contributed by atoms with van der Waals surface area (Å²) in [5, 5.41) is 6.87. The number of rotatable bonds is 7. The van der Waals surface area contributed by atoms with Gasteiger partial charge < -0.3 is 10.1 Å². The van der Waals surface area contributed by atoms with E-state index in [2.05, 4.69) is 10.4 Å². The molecule has 1 N–H and O–H groups in total. The first-order chi connectivity index (χ1) is 14.1. The quantitative estimate of drug-likeness (QED) is 0.719. The van der Waals surface area contributed by atoms with E-state index < -0.39 is 11.5 Å². The fourth-order valence-electron chi connectivity index (χ4n) is 3.68. The molecule has 0 atom stereocenters. The Balaban J connectivity index is 1.80. The van der Waals surface area contributed by atoms with Crippen LogP contribution in [0.3, 0.4) is 0 Å². The maximum absolute atomic E-state index is 12.6. The number of esters is 1. The minimum atomic E-state index is -0.681. The molecular weight excluding hydrogens is 370 g/mol. The zero-order valence-electron chi connectivity index (χ0n) is 16.7. The number of ether oxygens (including phenoxy) is 1. The Labute approximate surface area is 170 Å². The number of nitrogens with zero attached hydrogens (tertiary/aromatic N) is 2. The Morgan fingerprint density at radius 3 is 2.59 bits per heavy atom. The van der Waals surface area contributed by atoms with Gasteiger partial charge in [0.25, 0.3) is 5.56 Å². The first-order valence-corrected chi connectivity index (χ1v) is 10.2. The highest BCUT2D eigenvalue weighted by Crippen LogP contribution is 2.27. The van der Waals surface area contributed by atoms with Crippen molar-refractivity contribution < 1.29 is 14.3 Å². The average Bonchev–Trinajstić information content (AvgIpc) is 2.74. The summed E-state index contributed by atoms with van der Waals surface area (Å²) in [6, 6.07) is 10.0. The molecule has 7 heteroatoms. The molecule has 1 aromatic heterocycles. The maximum Gasteiger partial charge on any atom is 0.360 e. The largest absolute Gasteiger partial charge is 0.461 e. The van der Waals surface area contributed by atoms with Crippen LogP contribution in [0.5, 0.6) is 0 Å². The van der Waals surface area contributed by atoms with E-state index in [1.165, 1.54) is 25.3 Å². The second-order valence-electron chi connectivity index (χ2n) is 7.30. The molecule has 1 aliphatic rings. The topological polar surface area (TPSA) is 90.3 Å². The van der Waals surface area contributed by atoms with Gasteiger partial charge >= 0.3 is 5.97 Å². The third kappa shape index (κ3) is 5.53. The highest BCUT2D eigenvalue weighted by Gasteiger charge is 2.21. The van der Waals surface area contributed by atoms with Gasteiger partial charge in [0.1, 0.15) is 0 Å². The number of nitrogens with one attached hydrogen (secondary N) is 1. The van der Waals surface area contributed by atoms with Gasteiger partial charge in [-0.15, -0.1) is 0 Å². The van der Waals surface area contributed by atoms with E-state index in [4.69, 9.17) is 4.74 Å². The molecule has 1 saturated carbocycles. The highest BCUT2D eigenvalue weighted by atomic mass is 16.5. The van der Waals surface area contributed by atoms with Crippen molar-refractivity contribution in [2.45, 2.75) is 51.9 Å². The smallest absolute Gasteiger partial charge is 0.360 e. The lowest BCUT2D eigenvalue weighted by Crippen LogP contribution is -2.27. The lowest BCUT2D eigenvalue weighted by molar-refractivity contribution is -0.116.